The highest BCUT2D eigenvalue weighted by atomic mass is 16.5. The average molecular weight is 291 g/mol. The molecule has 1 aliphatic carbocycles. The van der Waals surface area contributed by atoms with Gasteiger partial charge in [-0.1, -0.05) is 24.9 Å². The molecular formula is C16H25N3O2. The van der Waals surface area contributed by atoms with E-state index in [1.54, 1.807) is 13.2 Å². The highest BCUT2D eigenvalue weighted by molar-refractivity contribution is 5.97. The van der Waals surface area contributed by atoms with Gasteiger partial charge in [-0.15, -0.1) is 0 Å². The molecule has 1 fully saturated rings. The smallest absolute Gasteiger partial charge is 0.170 e. The minimum Gasteiger partial charge on any atom is -0.496 e. The second-order valence-corrected chi connectivity index (χ2v) is 5.68. The lowest BCUT2D eigenvalue weighted by atomic mass is 10.1. The van der Waals surface area contributed by atoms with Crippen LogP contribution in [0.4, 0.5) is 0 Å². The summed E-state index contributed by atoms with van der Waals surface area (Å²) in [6.07, 6.45) is 5.12. The zero-order valence-corrected chi connectivity index (χ0v) is 12.8. The molecule has 1 atom stereocenters. The lowest BCUT2D eigenvalue weighted by Gasteiger charge is -2.18. The summed E-state index contributed by atoms with van der Waals surface area (Å²) in [7, 11) is 1.66. The largest absolute Gasteiger partial charge is 0.496 e. The third kappa shape index (κ3) is 4.36. The summed E-state index contributed by atoms with van der Waals surface area (Å²) in [6, 6.07) is 6.09. The third-order valence-corrected chi connectivity index (χ3v) is 4.07. The molecule has 1 saturated carbocycles. The van der Waals surface area contributed by atoms with Gasteiger partial charge < -0.3 is 21.0 Å². The van der Waals surface area contributed by atoms with Crippen molar-refractivity contribution in [3.63, 3.8) is 0 Å². The molecule has 0 aromatic heterocycles. The van der Waals surface area contributed by atoms with Gasteiger partial charge in [0.1, 0.15) is 5.75 Å². The Morgan fingerprint density at radius 3 is 2.86 bits per heavy atom. The van der Waals surface area contributed by atoms with Crippen LogP contribution < -0.4 is 15.8 Å². The van der Waals surface area contributed by atoms with Crippen molar-refractivity contribution in [2.45, 2.75) is 45.2 Å². The number of ether oxygens (including phenoxy) is 1. The minimum absolute atomic E-state index is 0.115. The predicted molar refractivity (Wildman–Crippen MR) is 83.8 cm³/mol. The van der Waals surface area contributed by atoms with Gasteiger partial charge in [0, 0.05) is 23.7 Å². The maximum absolute atomic E-state index is 8.78. The van der Waals surface area contributed by atoms with Crippen LogP contribution in [0.5, 0.6) is 5.75 Å². The first-order valence-electron chi connectivity index (χ1n) is 7.56. The zero-order chi connectivity index (χ0) is 15.2. The maximum atomic E-state index is 8.78. The van der Waals surface area contributed by atoms with Gasteiger partial charge in [-0.05, 0) is 37.0 Å². The lowest BCUT2D eigenvalue weighted by Crippen LogP contribution is -2.28. The molecule has 2 rings (SSSR count). The predicted octanol–water partition coefficient (Wildman–Crippen LogP) is 2.46. The summed E-state index contributed by atoms with van der Waals surface area (Å²) in [4.78, 5) is 0. The van der Waals surface area contributed by atoms with E-state index in [1.165, 1.54) is 19.3 Å². The molecule has 21 heavy (non-hydrogen) atoms. The molecule has 116 valence electrons. The average Bonchev–Trinajstić information content (AvgIpc) is 3.34. The Hall–Kier alpha value is -1.75. The standard InChI is InChI=1S/C16H25N3O2/c1-3-14(8-11-4-5-11)18-10-13-9-12(16(17)19-20)6-7-15(13)21-2/h6-7,9,11,14,18,20H,3-5,8,10H2,1-2H3,(H2,17,19). The SMILES string of the molecule is CCC(CC1CC1)NCc1cc(/C(N)=N/O)ccc1OC. The molecule has 1 aliphatic rings. The number of hydrogen-bond donors (Lipinski definition) is 3. The van der Waals surface area contributed by atoms with Crippen molar-refractivity contribution in [1.82, 2.24) is 5.32 Å². The van der Waals surface area contributed by atoms with Crippen molar-refractivity contribution in [2.75, 3.05) is 7.11 Å². The van der Waals surface area contributed by atoms with Crippen LogP contribution in [0.15, 0.2) is 23.4 Å². The van der Waals surface area contributed by atoms with Crippen LogP contribution in [-0.4, -0.2) is 24.2 Å². The van der Waals surface area contributed by atoms with Crippen LogP contribution in [0.1, 0.15) is 43.7 Å². The Balaban J connectivity index is 2.05. The van der Waals surface area contributed by atoms with Gasteiger partial charge in [0.2, 0.25) is 0 Å². The first-order chi connectivity index (χ1) is 10.2. The van der Waals surface area contributed by atoms with Gasteiger partial charge in [-0.3, -0.25) is 0 Å². The summed E-state index contributed by atoms with van der Waals surface area (Å²) in [6.45, 7) is 2.94. The summed E-state index contributed by atoms with van der Waals surface area (Å²) < 4.78 is 5.39. The second-order valence-electron chi connectivity index (χ2n) is 5.68. The molecule has 0 bridgehead atoms. The number of nitrogens with two attached hydrogens (primary N) is 1. The van der Waals surface area contributed by atoms with Crippen LogP contribution in [-0.2, 0) is 6.54 Å². The molecule has 1 aromatic rings. The molecule has 1 unspecified atom stereocenters. The van der Waals surface area contributed by atoms with Crippen LogP contribution >= 0.6 is 0 Å². The van der Waals surface area contributed by atoms with E-state index < -0.39 is 0 Å². The Morgan fingerprint density at radius 2 is 2.29 bits per heavy atom. The van der Waals surface area contributed by atoms with Crippen LogP contribution in [0.3, 0.4) is 0 Å². The lowest BCUT2D eigenvalue weighted by molar-refractivity contribution is 0.318. The number of benzene rings is 1. The first kappa shape index (κ1) is 15.6. The van der Waals surface area contributed by atoms with Crippen molar-refractivity contribution < 1.29 is 9.94 Å². The van der Waals surface area contributed by atoms with E-state index in [4.69, 9.17) is 15.7 Å². The minimum atomic E-state index is 0.115. The Bertz CT molecular complexity index is 498. The summed E-state index contributed by atoms with van der Waals surface area (Å²) in [5.41, 5.74) is 7.37. The molecule has 0 spiro atoms. The summed E-state index contributed by atoms with van der Waals surface area (Å²) in [5, 5.41) is 15.4. The van der Waals surface area contributed by atoms with Crippen LogP contribution in [0, 0.1) is 5.92 Å². The highest BCUT2D eigenvalue weighted by Crippen LogP contribution is 2.34. The van der Waals surface area contributed by atoms with E-state index in [-0.39, 0.29) is 5.84 Å². The Labute approximate surface area is 126 Å². The van der Waals surface area contributed by atoms with Crippen molar-refractivity contribution >= 4 is 5.84 Å². The van der Waals surface area contributed by atoms with E-state index in [0.29, 0.717) is 11.6 Å². The van der Waals surface area contributed by atoms with E-state index >= 15 is 0 Å². The van der Waals surface area contributed by atoms with Gasteiger partial charge in [0.05, 0.1) is 7.11 Å². The number of oxime groups is 1. The van der Waals surface area contributed by atoms with Crippen LogP contribution in [0.25, 0.3) is 0 Å². The first-order valence-corrected chi connectivity index (χ1v) is 7.56. The number of rotatable bonds is 8. The topological polar surface area (TPSA) is 79.9 Å². The molecule has 5 heteroatoms. The number of methoxy groups -OCH3 is 1. The van der Waals surface area contributed by atoms with E-state index in [2.05, 4.69) is 17.4 Å². The van der Waals surface area contributed by atoms with E-state index in [1.807, 2.05) is 12.1 Å². The fraction of sp³-hybridized carbons (Fsp3) is 0.562. The molecule has 0 aliphatic heterocycles. The van der Waals surface area contributed by atoms with Gasteiger partial charge in [0.15, 0.2) is 5.84 Å². The highest BCUT2D eigenvalue weighted by Gasteiger charge is 2.24. The summed E-state index contributed by atoms with van der Waals surface area (Å²) in [5.74, 6) is 1.84. The van der Waals surface area contributed by atoms with E-state index in [9.17, 15) is 0 Å². The summed E-state index contributed by atoms with van der Waals surface area (Å²) >= 11 is 0. The molecule has 5 nitrogen and oxygen atoms in total. The fourth-order valence-corrected chi connectivity index (χ4v) is 2.54. The Kier molecular flexibility index (Phi) is 5.44. The molecule has 0 radical (unpaired) electrons. The number of nitrogens with zero attached hydrogens (tertiary/aromatic N) is 1. The van der Waals surface area contributed by atoms with Crippen LogP contribution in [0.2, 0.25) is 0 Å². The fourth-order valence-electron chi connectivity index (χ4n) is 2.54. The van der Waals surface area contributed by atoms with Gasteiger partial charge >= 0.3 is 0 Å². The van der Waals surface area contributed by atoms with Gasteiger partial charge in [0.25, 0.3) is 0 Å². The van der Waals surface area contributed by atoms with Gasteiger partial charge in [-0.25, -0.2) is 0 Å². The van der Waals surface area contributed by atoms with Gasteiger partial charge in [-0.2, -0.15) is 0 Å². The number of nitrogens with one attached hydrogen (secondary N) is 1. The van der Waals surface area contributed by atoms with Crippen molar-refractivity contribution in [3.8, 4) is 5.75 Å². The zero-order valence-electron chi connectivity index (χ0n) is 12.8. The Morgan fingerprint density at radius 1 is 1.52 bits per heavy atom. The number of hydrogen-bond acceptors (Lipinski definition) is 4. The van der Waals surface area contributed by atoms with E-state index in [0.717, 1.165) is 30.2 Å². The third-order valence-electron chi connectivity index (χ3n) is 4.07. The molecule has 0 saturated heterocycles. The molecule has 0 heterocycles. The van der Waals surface area contributed by atoms with Crippen molar-refractivity contribution in [3.05, 3.63) is 29.3 Å². The normalized spacial score (nSPS) is 16.8. The van der Waals surface area contributed by atoms with Crippen molar-refractivity contribution in [2.24, 2.45) is 16.8 Å². The maximum Gasteiger partial charge on any atom is 0.170 e. The molecular weight excluding hydrogens is 266 g/mol. The van der Waals surface area contributed by atoms with Crippen molar-refractivity contribution in [1.29, 1.82) is 0 Å². The number of amidine groups is 1. The molecule has 1 aromatic carbocycles. The monoisotopic (exact) mass is 291 g/mol. The quantitative estimate of drug-likeness (QED) is 0.297. The second kappa shape index (κ2) is 7.31. The molecule has 0 amide bonds. The molecule has 4 N–H and O–H groups in total.